The molecule has 5 heteroatoms. The summed E-state index contributed by atoms with van der Waals surface area (Å²) in [6.45, 7) is 4.49. The van der Waals surface area contributed by atoms with E-state index in [-0.39, 0.29) is 5.78 Å². The topological polar surface area (TPSA) is 54.0 Å². The number of hydrogen-bond acceptors (Lipinski definition) is 5. The van der Waals surface area contributed by atoms with Crippen molar-refractivity contribution < 1.29 is 23.7 Å². The summed E-state index contributed by atoms with van der Waals surface area (Å²) in [5.41, 5.74) is 2.47. The van der Waals surface area contributed by atoms with E-state index in [4.69, 9.17) is 18.9 Å². The van der Waals surface area contributed by atoms with Gasteiger partial charge in [0.05, 0.1) is 26.9 Å². The van der Waals surface area contributed by atoms with Crippen molar-refractivity contribution in [3.05, 3.63) is 65.3 Å². The number of rotatable bonds is 9. The van der Waals surface area contributed by atoms with Gasteiger partial charge in [-0.3, -0.25) is 4.79 Å². The third-order valence-electron chi connectivity index (χ3n) is 4.01. The minimum atomic E-state index is -0.164. The monoisotopic (exact) mass is 382 g/mol. The fraction of sp³-hybridized carbons (Fsp3) is 0.261. The number of ether oxygens (including phenoxy) is 4. The smallest absolute Gasteiger partial charge is 0.189 e. The first-order valence-corrected chi connectivity index (χ1v) is 8.87. The molecule has 0 unspecified atom stereocenters. The van der Waals surface area contributed by atoms with E-state index in [0.717, 1.165) is 5.56 Å². The van der Waals surface area contributed by atoms with Crippen molar-refractivity contribution in [2.24, 2.45) is 0 Å². The number of allylic oxidation sites excluding steroid dienone is 2. The molecule has 2 aromatic rings. The Bertz CT molecular complexity index is 877. The lowest BCUT2D eigenvalue weighted by Crippen LogP contribution is -2.01. The van der Waals surface area contributed by atoms with E-state index in [9.17, 15) is 4.79 Å². The van der Waals surface area contributed by atoms with E-state index >= 15 is 0 Å². The van der Waals surface area contributed by atoms with Gasteiger partial charge in [-0.05, 0) is 55.8 Å². The van der Waals surface area contributed by atoms with E-state index in [1.165, 1.54) is 18.8 Å². The molecule has 2 aromatic carbocycles. The first-order valence-electron chi connectivity index (χ1n) is 8.87. The lowest BCUT2D eigenvalue weighted by molar-refractivity contribution is 0.104. The van der Waals surface area contributed by atoms with Crippen molar-refractivity contribution >= 4 is 11.9 Å². The zero-order chi connectivity index (χ0) is 20.5. The molecule has 0 aromatic heterocycles. The quantitative estimate of drug-likeness (QED) is 0.349. The van der Waals surface area contributed by atoms with Crippen LogP contribution in [-0.2, 0) is 0 Å². The van der Waals surface area contributed by atoms with Gasteiger partial charge in [-0.15, -0.1) is 0 Å². The van der Waals surface area contributed by atoms with Crippen LogP contribution in [0.4, 0.5) is 0 Å². The Morgan fingerprint density at radius 2 is 1.61 bits per heavy atom. The number of ketones is 1. The highest BCUT2D eigenvalue weighted by Crippen LogP contribution is 2.29. The third-order valence-corrected chi connectivity index (χ3v) is 4.01. The summed E-state index contributed by atoms with van der Waals surface area (Å²) in [5.74, 6) is 2.19. The zero-order valence-corrected chi connectivity index (χ0v) is 16.9. The van der Waals surface area contributed by atoms with Gasteiger partial charge in [-0.1, -0.05) is 17.7 Å². The molecule has 0 spiro atoms. The standard InChI is InChI=1S/C23H26O5/c1-16(2)12-13-28-18-8-9-19(22(15-18)26-4)20(24)10-6-17-7-11-21(25-3)23(14-17)27-5/h6-12,14-15H,13H2,1-5H3/b10-6+. The molecule has 0 N–H and O–H groups in total. The number of methoxy groups -OCH3 is 3. The summed E-state index contributed by atoms with van der Waals surface area (Å²) in [6.07, 6.45) is 5.21. The van der Waals surface area contributed by atoms with Gasteiger partial charge in [-0.25, -0.2) is 0 Å². The fourth-order valence-electron chi connectivity index (χ4n) is 2.49. The van der Waals surface area contributed by atoms with Crippen LogP contribution in [-0.4, -0.2) is 33.7 Å². The maximum Gasteiger partial charge on any atom is 0.189 e. The Morgan fingerprint density at radius 3 is 2.25 bits per heavy atom. The van der Waals surface area contributed by atoms with E-state index in [2.05, 4.69) is 0 Å². The average molecular weight is 382 g/mol. The first-order chi connectivity index (χ1) is 13.5. The molecule has 0 bridgehead atoms. The molecule has 0 heterocycles. The van der Waals surface area contributed by atoms with E-state index < -0.39 is 0 Å². The van der Waals surface area contributed by atoms with Crippen LogP contribution in [0.5, 0.6) is 23.0 Å². The summed E-state index contributed by atoms with van der Waals surface area (Å²) in [5, 5.41) is 0. The van der Waals surface area contributed by atoms with Gasteiger partial charge < -0.3 is 18.9 Å². The van der Waals surface area contributed by atoms with Gasteiger partial charge in [0.1, 0.15) is 18.1 Å². The second-order valence-corrected chi connectivity index (χ2v) is 6.27. The van der Waals surface area contributed by atoms with E-state index in [0.29, 0.717) is 35.2 Å². The molecule has 0 aliphatic carbocycles. The molecule has 28 heavy (non-hydrogen) atoms. The van der Waals surface area contributed by atoms with Gasteiger partial charge in [0.2, 0.25) is 0 Å². The zero-order valence-electron chi connectivity index (χ0n) is 16.9. The van der Waals surface area contributed by atoms with Gasteiger partial charge >= 0.3 is 0 Å². The fourth-order valence-corrected chi connectivity index (χ4v) is 2.49. The largest absolute Gasteiger partial charge is 0.496 e. The van der Waals surface area contributed by atoms with Gasteiger partial charge in [0.15, 0.2) is 17.3 Å². The molecule has 5 nitrogen and oxygen atoms in total. The van der Waals surface area contributed by atoms with E-state index in [1.807, 2.05) is 26.0 Å². The van der Waals surface area contributed by atoms with Crippen LogP contribution in [0, 0.1) is 0 Å². The van der Waals surface area contributed by atoms with Crippen LogP contribution >= 0.6 is 0 Å². The average Bonchev–Trinajstić information content (AvgIpc) is 2.71. The second kappa shape index (κ2) is 10.2. The summed E-state index contributed by atoms with van der Waals surface area (Å²) in [7, 11) is 4.68. The van der Waals surface area contributed by atoms with Crippen LogP contribution < -0.4 is 18.9 Å². The van der Waals surface area contributed by atoms with Crippen molar-refractivity contribution in [3.8, 4) is 23.0 Å². The van der Waals surface area contributed by atoms with Crippen molar-refractivity contribution in [3.63, 3.8) is 0 Å². The Balaban J connectivity index is 2.17. The summed E-state index contributed by atoms with van der Waals surface area (Å²) in [4.78, 5) is 12.6. The molecule has 0 saturated carbocycles. The van der Waals surface area contributed by atoms with Crippen molar-refractivity contribution in [2.75, 3.05) is 27.9 Å². The Labute approximate surface area is 166 Å². The lowest BCUT2D eigenvalue weighted by atomic mass is 10.1. The van der Waals surface area contributed by atoms with Gasteiger partial charge in [0.25, 0.3) is 0 Å². The Hall–Kier alpha value is -3.21. The SMILES string of the molecule is COc1ccc(/C=C/C(=O)c2ccc(OCC=C(C)C)cc2OC)cc1OC. The van der Waals surface area contributed by atoms with Gasteiger partial charge in [0, 0.05) is 6.07 Å². The van der Waals surface area contributed by atoms with Crippen LogP contribution in [0.3, 0.4) is 0 Å². The minimum Gasteiger partial charge on any atom is -0.496 e. The van der Waals surface area contributed by atoms with E-state index in [1.54, 1.807) is 50.6 Å². The molecule has 0 radical (unpaired) electrons. The third kappa shape index (κ3) is 5.64. The number of carbonyl (C=O) groups is 1. The predicted octanol–water partition coefficient (Wildman–Crippen LogP) is 4.95. The maximum absolute atomic E-state index is 12.6. The molecular formula is C23H26O5. The molecule has 0 aliphatic heterocycles. The normalized spacial score (nSPS) is 10.5. The molecule has 2 rings (SSSR count). The van der Waals surface area contributed by atoms with Crippen LogP contribution in [0.25, 0.3) is 6.08 Å². The van der Waals surface area contributed by atoms with Gasteiger partial charge in [-0.2, -0.15) is 0 Å². The highest BCUT2D eigenvalue weighted by molar-refractivity contribution is 6.08. The number of hydrogen-bond donors (Lipinski definition) is 0. The molecule has 0 aliphatic rings. The molecule has 0 atom stereocenters. The van der Waals surface area contributed by atoms with Crippen LogP contribution in [0.2, 0.25) is 0 Å². The minimum absolute atomic E-state index is 0.164. The van der Waals surface area contributed by atoms with Crippen molar-refractivity contribution in [1.82, 2.24) is 0 Å². The molecular weight excluding hydrogens is 356 g/mol. The van der Waals surface area contributed by atoms with Crippen molar-refractivity contribution in [2.45, 2.75) is 13.8 Å². The molecule has 0 amide bonds. The highest BCUT2D eigenvalue weighted by atomic mass is 16.5. The van der Waals surface area contributed by atoms with Crippen LogP contribution in [0.15, 0.2) is 54.1 Å². The molecule has 148 valence electrons. The second-order valence-electron chi connectivity index (χ2n) is 6.27. The molecule has 0 fully saturated rings. The Morgan fingerprint density at radius 1 is 0.893 bits per heavy atom. The number of benzene rings is 2. The summed E-state index contributed by atoms with van der Waals surface area (Å²) < 4.78 is 21.5. The van der Waals surface area contributed by atoms with Crippen molar-refractivity contribution in [1.29, 1.82) is 0 Å². The maximum atomic E-state index is 12.6. The molecule has 0 saturated heterocycles. The van der Waals surface area contributed by atoms with Crippen LogP contribution in [0.1, 0.15) is 29.8 Å². The summed E-state index contributed by atoms with van der Waals surface area (Å²) in [6, 6.07) is 10.6. The first kappa shape index (κ1) is 21.1. The number of carbonyl (C=O) groups excluding carboxylic acids is 1. The lowest BCUT2D eigenvalue weighted by Gasteiger charge is -2.10. The summed E-state index contributed by atoms with van der Waals surface area (Å²) >= 11 is 0. The highest BCUT2D eigenvalue weighted by Gasteiger charge is 2.11. The Kier molecular flexibility index (Phi) is 7.69. The predicted molar refractivity (Wildman–Crippen MR) is 111 cm³/mol.